The number of aryl methyl sites for hydroxylation is 2. The Balaban J connectivity index is 1.77. The summed E-state index contributed by atoms with van der Waals surface area (Å²) < 4.78 is 16.9. The van der Waals surface area contributed by atoms with E-state index in [1.807, 2.05) is 20.8 Å². The van der Waals surface area contributed by atoms with Gasteiger partial charge in [0.2, 0.25) is 5.76 Å². The average Bonchev–Trinajstić information content (AvgIpc) is 3.14. The molecular weight excluding hydrogens is 446 g/mol. The van der Waals surface area contributed by atoms with Crippen LogP contribution in [-0.4, -0.2) is 24.7 Å². The van der Waals surface area contributed by atoms with Crippen molar-refractivity contribution in [1.29, 1.82) is 0 Å². The first kappa shape index (κ1) is 22.5. The molecule has 0 fully saturated rings. The molecule has 0 saturated heterocycles. The van der Waals surface area contributed by atoms with Crippen LogP contribution in [0.25, 0.3) is 11.0 Å². The second kappa shape index (κ2) is 8.51. The van der Waals surface area contributed by atoms with Gasteiger partial charge in [0, 0.05) is 5.69 Å². The molecule has 0 spiro atoms. The number of anilines is 1. The first-order valence-electron chi connectivity index (χ1n) is 11.3. The number of amides is 1. The van der Waals surface area contributed by atoms with Crippen LogP contribution in [0.4, 0.5) is 5.69 Å². The van der Waals surface area contributed by atoms with Gasteiger partial charge in [-0.3, -0.25) is 14.5 Å². The van der Waals surface area contributed by atoms with E-state index in [2.05, 4.69) is 0 Å². The third-order valence-corrected chi connectivity index (χ3v) is 6.43. The highest BCUT2D eigenvalue weighted by Gasteiger charge is 2.44. The lowest BCUT2D eigenvalue weighted by molar-refractivity contribution is 0.0971. The number of phenolic OH excluding ortho intramolecular Hbond substituents is 1. The fraction of sp³-hybridized carbons (Fsp3) is 0.214. The third kappa shape index (κ3) is 3.60. The van der Waals surface area contributed by atoms with E-state index in [0.29, 0.717) is 34.6 Å². The lowest BCUT2D eigenvalue weighted by Crippen LogP contribution is -2.29. The molecule has 1 aliphatic heterocycles. The summed E-state index contributed by atoms with van der Waals surface area (Å²) in [6.45, 7) is 6.28. The maximum atomic E-state index is 13.8. The van der Waals surface area contributed by atoms with Gasteiger partial charge in [-0.25, -0.2) is 0 Å². The Labute approximate surface area is 202 Å². The van der Waals surface area contributed by atoms with Gasteiger partial charge in [0.1, 0.15) is 11.3 Å². The maximum Gasteiger partial charge on any atom is 0.295 e. The molecule has 3 aromatic carbocycles. The van der Waals surface area contributed by atoms with E-state index >= 15 is 0 Å². The molecule has 0 radical (unpaired) electrons. The predicted octanol–water partition coefficient (Wildman–Crippen LogP) is 5.27. The Morgan fingerprint density at radius 1 is 1.00 bits per heavy atom. The molecule has 2 heterocycles. The zero-order valence-electron chi connectivity index (χ0n) is 19.9. The average molecular weight is 472 g/mol. The molecule has 1 unspecified atom stereocenters. The van der Waals surface area contributed by atoms with Crippen LogP contribution < -0.4 is 19.8 Å². The van der Waals surface area contributed by atoms with Crippen molar-refractivity contribution in [2.45, 2.75) is 26.8 Å². The third-order valence-electron chi connectivity index (χ3n) is 6.43. The van der Waals surface area contributed by atoms with Gasteiger partial charge in [-0.15, -0.1) is 0 Å². The van der Waals surface area contributed by atoms with Crippen molar-refractivity contribution in [3.63, 3.8) is 0 Å². The Morgan fingerprint density at radius 3 is 2.40 bits per heavy atom. The van der Waals surface area contributed by atoms with Crippen molar-refractivity contribution < 1.29 is 23.8 Å². The van der Waals surface area contributed by atoms with Gasteiger partial charge in [0.15, 0.2) is 16.9 Å². The van der Waals surface area contributed by atoms with Crippen molar-refractivity contribution in [2.75, 3.05) is 18.6 Å². The normalized spacial score (nSPS) is 14.9. The second-order valence-corrected chi connectivity index (χ2v) is 8.54. The smallest absolute Gasteiger partial charge is 0.295 e. The van der Waals surface area contributed by atoms with Gasteiger partial charge < -0.3 is 19.0 Å². The van der Waals surface area contributed by atoms with Crippen molar-refractivity contribution >= 4 is 22.6 Å². The van der Waals surface area contributed by atoms with E-state index in [1.165, 1.54) is 18.1 Å². The number of nitrogens with zero attached hydrogens (tertiary/aromatic N) is 1. The summed E-state index contributed by atoms with van der Waals surface area (Å²) in [5, 5.41) is 10.6. The molecule has 7 nitrogen and oxygen atoms in total. The second-order valence-electron chi connectivity index (χ2n) is 8.54. The van der Waals surface area contributed by atoms with E-state index in [0.717, 1.165) is 11.1 Å². The topological polar surface area (TPSA) is 89.2 Å². The molecule has 1 N–H and O–H groups in total. The summed E-state index contributed by atoms with van der Waals surface area (Å²) in [5.41, 5.74) is 3.49. The molecule has 1 atom stereocenters. The van der Waals surface area contributed by atoms with E-state index < -0.39 is 11.9 Å². The fourth-order valence-corrected chi connectivity index (χ4v) is 4.54. The number of carbonyl (C=O) groups is 1. The Bertz CT molecular complexity index is 1520. The Morgan fingerprint density at radius 2 is 1.71 bits per heavy atom. The molecule has 4 aromatic rings. The number of methoxy groups -OCH3 is 1. The van der Waals surface area contributed by atoms with Crippen molar-refractivity contribution in [3.05, 3.63) is 92.8 Å². The lowest BCUT2D eigenvalue weighted by Gasteiger charge is -2.25. The minimum absolute atomic E-state index is 0.0108. The molecule has 178 valence electrons. The van der Waals surface area contributed by atoms with Crippen LogP contribution in [0.3, 0.4) is 0 Å². The van der Waals surface area contributed by atoms with Crippen LogP contribution >= 0.6 is 0 Å². The van der Waals surface area contributed by atoms with Gasteiger partial charge >= 0.3 is 0 Å². The molecule has 1 aliphatic rings. The largest absolute Gasteiger partial charge is 0.504 e. The van der Waals surface area contributed by atoms with Crippen molar-refractivity contribution in [2.24, 2.45) is 0 Å². The molecule has 35 heavy (non-hydrogen) atoms. The highest BCUT2D eigenvalue weighted by atomic mass is 16.5. The van der Waals surface area contributed by atoms with Crippen LogP contribution in [0.5, 0.6) is 17.2 Å². The molecule has 1 aromatic heterocycles. The maximum absolute atomic E-state index is 13.8. The van der Waals surface area contributed by atoms with Crippen LogP contribution in [0.2, 0.25) is 0 Å². The van der Waals surface area contributed by atoms with Crippen LogP contribution in [0.15, 0.2) is 63.8 Å². The van der Waals surface area contributed by atoms with E-state index in [4.69, 9.17) is 13.9 Å². The quantitative estimate of drug-likeness (QED) is 0.426. The summed E-state index contributed by atoms with van der Waals surface area (Å²) in [6.07, 6.45) is 0. The van der Waals surface area contributed by atoms with E-state index in [9.17, 15) is 14.7 Å². The molecule has 0 bridgehead atoms. The molecular formula is C28H25NO6. The molecule has 7 heteroatoms. The van der Waals surface area contributed by atoms with E-state index in [-0.39, 0.29) is 28.3 Å². The number of hydrogen-bond acceptors (Lipinski definition) is 6. The van der Waals surface area contributed by atoms with E-state index in [1.54, 1.807) is 48.5 Å². The fourth-order valence-electron chi connectivity index (χ4n) is 4.54. The minimum Gasteiger partial charge on any atom is -0.504 e. The van der Waals surface area contributed by atoms with Crippen molar-refractivity contribution in [3.8, 4) is 17.2 Å². The summed E-state index contributed by atoms with van der Waals surface area (Å²) >= 11 is 0. The SMILES string of the molecule is CCOc1ccc(N2C(=O)c3oc4cc(C)c(C)cc4c(=O)c3C2c2ccc(O)c(OC)c2)cc1. The summed E-state index contributed by atoms with van der Waals surface area (Å²) in [5.74, 6) is 0.473. The number of benzene rings is 3. The molecule has 1 amide bonds. The van der Waals surface area contributed by atoms with Crippen LogP contribution in [-0.2, 0) is 0 Å². The number of rotatable bonds is 5. The molecule has 0 saturated carbocycles. The first-order valence-corrected chi connectivity index (χ1v) is 11.3. The van der Waals surface area contributed by atoms with Crippen LogP contribution in [0, 0.1) is 13.8 Å². The number of phenols is 1. The standard InChI is InChI=1S/C28H25NO6/c1-5-34-19-9-7-18(8-10-19)29-25(17-6-11-21(30)23(14-17)33-4)24-26(31)20-12-15(2)16(3)13-22(20)35-27(24)28(29)32/h6-14,25,30H,5H2,1-4H3. The zero-order valence-corrected chi connectivity index (χ0v) is 19.9. The summed E-state index contributed by atoms with van der Waals surface area (Å²) in [7, 11) is 1.45. The molecule has 0 aliphatic carbocycles. The Kier molecular flexibility index (Phi) is 5.47. The van der Waals surface area contributed by atoms with Gasteiger partial charge in [-0.05, 0) is 86.0 Å². The monoisotopic (exact) mass is 471 g/mol. The van der Waals surface area contributed by atoms with Crippen molar-refractivity contribution in [1.82, 2.24) is 0 Å². The number of fused-ring (bicyclic) bond motifs is 2. The molecule has 5 rings (SSSR count). The van der Waals surface area contributed by atoms with Gasteiger partial charge in [-0.2, -0.15) is 0 Å². The van der Waals surface area contributed by atoms with Crippen LogP contribution in [0.1, 0.15) is 45.8 Å². The van der Waals surface area contributed by atoms with Gasteiger partial charge in [0.25, 0.3) is 5.91 Å². The number of aromatic hydroxyl groups is 1. The Hall–Kier alpha value is -4.26. The number of hydrogen-bond donors (Lipinski definition) is 1. The highest BCUT2D eigenvalue weighted by Crippen LogP contribution is 2.43. The minimum atomic E-state index is -0.771. The zero-order chi connectivity index (χ0) is 24.9. The number of ether oxygens (including phenoxy) is 2. The number of carbonyl (C=O) groups excluding carboxylic acids is 1. The summed E-state index contributed by atoms with van der Waals surface area (Å²) in [4.78, 5) is 29.1. The highest BCUT2D eigenvalue weighted by molar-refractivity contribution is 6.10. The van der Waals surface area contributed by atoms with Gasteiger partial charge in [-0.1, -0.05) is 6.07 Å². The van der Waals surface area contributed by atoms with Gasteiger partial charge in [0.05, 0.1) is 30.7 Å². The predicted molar refractivity (Wildman–Crippen MR) is 133 cm³/mol. The summed E-state index contributed by atoms with van der Waals surface area (Å²) in [6, 6.07) is 14.7. The lowest BCUT2D eigenvalue weighted by atomic mass is 9.97. The first-order chi connectivity index (χ1) is 16.8.